The van der Waals surface area contributed by atoms with E-state index in [2.05, 4.69) is 0 Å². The van der Waals surface area contributed by atoms with E-state index >= 15 is 0 Å². The van der Waals surface area contributed by atoms with Gasteiger partial charge in [0.05, 0.1) is 11.5 Å². The second-order valence-electron chi connectivity index (χ2n) is 4.68. The first-order chi connectivity index (χ1) is 10.0. The number of carbonyl (C=O) groups is 1. The second-order valence-corrected chi connectivity index (χ2v) is 6.61. The summed E-state index contributed by atoms with van der Waals surface area (Å²) in [7, 11) is -3.41. The summed E-state index contributed by atoms with van der Waals surface area (Å²) < 4.78 is 36.1. The molecule has 0 unspecified atom stereocenters. The summed E-state index contributed by atoms with van der Waals surface area (Å²) in [5.74, 6) is -0.0188. The van der Waals surface area contributed by atoms with Gasteiger partial charge in [-0.25, -0.2) is 13.2 Å². The zero-order valence-electron chi connectivity index (χ0n) is 11.9. The Balaban J connectivity index is 2.00. The highest BCUT2D eigenvalue weighted by molar-refractivity contribution is 7.89. The predicted molar refractivity (Wildman–Crippen MR) is 76.6 cm³/mol. The first-order valence-electron chi connectivity index (χ1n) is 6.92. The van der Waals surface area contributed by atoms with E-state index in [0.29, 0.717) is 25.4 Å². The maximum atomic E-state index is 12.3. The molecule has 0 N–H and O–H groups in total. The number of ether oxygens (including phenoxy) is 2. The van der Waals surface area contributed by atoms with Gasteiger partial charge in [-0.15, -0.1) is 0 Å². The molecule has 0 saturated carbocycles. The Bertz CT molecular complexity index is 576. The number of esters is 1. The summed E-state index contributed by atoms with van der Waals surface area (Å²) in [6.07, 6.45) is 1.81. The minimum Gasteiger partial charge on any atom is -0.482 e. The van der Waals surface area contributed by atoms with Gasteiger partial charge in [0.1, 0.15) is 5.75 Å². The van der Waals surface area contributed by atoms with Gasteiger partial charge in [-0.05, 0) is 44.0 Å². The first kappa shape index (κ1) is 15.8. The van der Waals surface area contributed by atoms with Crippen molar-refractivity contribution >= 4 is 16.0 Å². The monoisotopic (exact) mass is 313 g/mol. The van der Waals surface area contributed by atoms with Gasteiger partial charge in [0, 0.05) is 13.1 Å². The fourth-order valence-corrected chi connectivity index (χ4v) is 3.65. The Kier molecular flexibility index (Phi) is 5.19. The summed E-state index contributed by atoms with van der Waals surface area (Å²) in [4.78, 5) is 11.4. The molecule has 1 aromatic rings. The normalized spacial score (nSPS) is 15.9. The van der Waals surface area contributed by atoms with E-state index in [9.17, 15) is 13.2 Å². The van der Waals surface area contributed by atoms with Crippen LogP contribution < -0.4 is 4.74 Å². The number of sulfonamides is 1. The molecule has 116 valence electrons. The van der Waals surface area contributed by atoms with Crippen LogP contribution in [0.15, 0.2) is 29.2 Å². The molecule has 1 fully saturated rings. The Morgan fingerprint density at radius 2 is 1.81 bits per heavy atom. The smallest absolute Gasteiger partial charge is 0.344 e. The number of hydrogen-bond donors (Lipinski definition) is 0. The predicted octanol–water partition coefficient (Wildman–Crippen LogP) is 1.41. The van der Waals surface area contributed by atoms with Crippen molar-refractivity contribution < 1.29 is 22.7 Å². The molecule has 1 saturated heterocycles. The molecular formula is C14H19NO5S. The third kappa shape index (κ3) is 3.95. The van der Waals surface area contributed by atoms with E-state index in [1.165, 1.54) is 16.4 Å². The Morgan fingerprint density at radius 3 is 2.38 bits per heavy atom. The molecule has 7 heteroatoms. The second kappa shape index (κ2) is 6.91. The molecule has 21 heavy (non-hydrogen) atoms. The topological polar surface area (TPSA) is 72.9 Å². The van der Waals surface area contributed by atoms with Crippen LogP contribution in [-0.2, 0) is 19.6 Å². The van der Waals surface area contributed by atoms with Crippen molar-refractivity contribution in [2.24, 2.45) is 0 Å². The highest BCUT2D eigenvalue weighted by Crippen LogP contribution is 2.22. The number of hydrogen-bond acceptors (Lipinski definition) is 5. The van der Waals surface area contributed by atoms with Crippen LogP contribution in [0.25, 0.3) is 0 Å². The lowest BCUT2D eigenvalue weighted by Gasteiger charge is -2.15. The molecule has 0 radical (unpaired) electrons. The van der Waals surface area contributed by atoms with Crippen LogP contribution in [-0.4, -0.2) is 45.0 Å². The molecule has 1 aliphatic rings. The van der Waals surface area contributed by atoms with Gasteiger partial charge in [0.15, 0.2) is 6.61 Å². The van der Waals surface area contributed by atoms with Crippen LogP contribution >= 0.6 is 0 Å². The van der Waals surface area contributed by atoms with Crippen molar-refractivity contribution in [1.82, 2.24) is 4.31 Å². The van der Waals surface area contributed by atoms with E-state index in [4.69, 9.17) is 9.47 Å². The molecular weight excluding hydrogens is 294 g/mol. The standard InChI is InChI=1S/C14H19NO5S/c1-2-19-14(16)11-20-12-5-7-13(8-6-12)21(17,18)15-9-3-4-10-15/h5-8H,2-4,9-11H2,1H3. The van der Waals surface area contributed by atoms with Gasteiger partial charge in [-0.3, -0.25) is 0 Å². The Hall–Kier alpha value is -1.60. The summed E-state index contributed by atoms with van der Waals surface area (Å²) in [6.45, 7) is 2.98. The van der Waals surface area contributed by atoms with Gasteiger partial charge in [0.25, 0.3) is 0 Å². The van der Waals surface area contributed by atoms with Gasteiger partial charge in [-0.2, -0.15) is 4.31 Å². The summed E-state index contributed by atoms with van der Waals surface area (Å²) in [6, 6.07) is 6.08. The van der Waals surface area contributed by atoms with Crippen molar-refractivity contribution in [3.63, 3.8) is 0 Å². The average molecular weight is 313 g/mol. The molecule has 0 aromatic heterocycles. The van der Waals surface area contributed by atoms with Crippen molar-refractivity contribution in [2.75, 3.05) is 26.3 Å². The SMILES string of the molecule is CCOC(=O)COc1ccc(S(=O)(=O)N2CCCC2)cc1. The summed E-state index contributed by atoms with van der Waals surface area (Å²) >= 11 is 0. The number of benzene rings is 1. The van der Waals surface area contributed by atoms with Crippen molar-refractivity contribution in [3.8, 4) is 5.75 Å². The van der Waals surface area contributed by atoms with Gasteiger partial charge in [-0.1, -0.05) is 0 Å². The number of rotatable bonds is 6. The summed E-state index contributed by atoms with van der Waals surface area (Å²) in [5.41, 5.74) is 0. The fourth-order valence-electron chi connectivity index (χ4n) is 2.13. The van der Waals surface area contributed by atoms with Crippen molar-refractivity contribution in [1.29, 1.82) is 0 Å². The molecule has 0 atom stereocenters. The average Bonchev–Trinajstić information content (AvgIpc) is 3.01. The third-order valence-corrected chi connectivity index (χ3v) is 5.10. The van der Waals surface area contributed by atoms with Crippen LogP contribution in [0.5, 0.6) is 5.75 Å². The van der Waals surface area contributed by atoms with E-state index in [-0.39, 0.29) is 11.5 Å². The highest BCUT2D eigenvalue weighted by Gasteiger charge is 2.26. The quantitative estimate of drug-likeness (QED) is 0.743. The highest BCUT2D eigenvalue weighted by atomic mass is 32.2. The minimum atomic E-state index is -3.41. The van der Waals surface area contributed by atoms with E-state index in [1.54, 1.807) is 19.1 Å². The molecule has 6 nitrogen and oxygen atoms in total. The van der Waals surface area contributed by atoms with Gasteiger partial charge < -0.3 is 9.47 Å². The largest absolute Gasteiger partial charge is 0.482 e. The maximum Gasteiger partial charge on any atom is 0.344 e. The molecule has 0 spiro atoms. The molecule has 1 heterocycles. The lowest BCUT2D eigenvalue weighted by atomic mass is 10.3. The zero-order valence-corrected chi connectivity index (χ0v) is 12.8. The summed E-state index contributed by atoms with van der Waals surface area (Å²) in [5, 5.41) is 0. The molecule has 1 aliphatic heterocycles. The van der Waals surface area contributed by atoms with E-state index in [0.717, 1.165) is 12.8 Å². The van der Waals surface area contributed by atoms with Crippen molar-refractivity contribution in [2.45, 2.75) is 24.7 Å². The van der Waals surface area contributed by atoms with Crippen LogP contribution in [0, 0.1) is 0 Å². The van der Waals surface area contributed by atoms with Crippen LogP contribution in [0.4, 0.5) is 0 Å². The van der Waals surface area contributed by atoms with Gasteiger partial charge in [0.2, 0.25) is 10.0 Å². The van der Waals surface area contributed by atoms with Crippen molar-refractivity contribution in [3.05, 3.63) is 24.3 Å². The van der Waals surface area contributed by atoms with E-state index in [1.807, 2.05) is 0 Å². The first-order valence-corrected chi connectivity index (χ1v) is 8.36. The van der Waals surface area contributed by atoms with E-state index < -0.39 is 16.0 Å². The van der Waals surface area contributed by atoms with Crippen LogP contribution in [0.2, 0.25) is 0 Å². The van der Waals surface area contributed by atoms with Crippen LogP contribution in [0.3, 0.4) is 0 Å². The maximum absolute atomic E-state index is 12.3. The lowest BCUT2D eigenvalue weighted by Crippen LogP contribution is -2.27. The van der Waals surface area contributed by atoms with Crippen LogP contribution in [0.1, 0.15) is 19.8 Å². The molecule has 1 aromatic carbocycles. The minimum absolute atomic E-state index is 0.188. The third-order valence-electron chi connectivity index (χ3n) is 3.19. The molecule has 0 amide bonds. The number of carbonyl (C=O) groups excluding carboxylic acids is 1. The Morgan fingerprint density at radius 1 is 1.19 bits per heavy atom. The molecule has 0 aliphatic carbocycles. The lowest BCUT2D eigenvalue weighted by molar-refractivity contribution is -0.145. The fraction of sp³-hybridized carbons (Fsp3) is 0.500. The van der Waals surface area contributed by atoms with Gasteiger partial charge >= 0.3 is 5.97 Å². The number of nitrogens with zero attached hydrogens (tertiary/aromatic N) is 1. The Labute approximate surface area is 124 Å². The zero-order chi connectivity index (χ0) is 15.3. The molecule has 0 bridgehead atoms. The molecule has 2 rings (SSSR count).